The molecule has 3 aromatic rings. The SMILES string of the molecule is Cc1cccc(S(=O)(=O)N2C[C@@H]3COCCN3c3ccc(-c4cc(F)cc(OC(F)F)c4)cc32)c1. The van der Waals surface area contributed by atoms with Crippen molar-refractivity contribution in [3.8, 4) is 16.9 Å². The van der Waals surface area contributed by atoms with Crippen LogP contribution in [0.15, 0.2) is 65.6 Å². The number of fused-ring (bicyclic) bond motifs is 3. The van der Waals surface area contributed by atoms with Gasteiger partial charge in [0.1, 0.15) is 11.6 Å². The Morgan fingerprint density at radius 1 is 1.03 bits per heavy atom. The van der Waals surface area contributed by atoms with Crippen molar-refractivity contribution in [1.29, 1.82) is 0 Å². The second-order valence-corrected chi connectivity index (χ2v) is 10.4. The summed E-state index contributed by atoms with van der Waals surface area (Å²) in [6.45, 7) is 0.402. The van der Waals surface area contributed by atoms with Crippen molar-refractivity contribution in [2.45, 2.75) is 24.5 Å². The van der Waals surface area contributed by atoms with Crippen LogP contribution >= 0.6 is 0 Å². The lowest BCUT2D eigenvalue weighted by Gasteiger charge is -2.46. The second kappa shape index (κ2) is 9.09. The summed E-state index contributed by atoms with van der Waals surface area (Å²) in [5.74, 6) is -1.06. The van der Waals surface area contributed by atoms with Gasteiger partial charge in [-0.1, -0.05) is 18.2 Å². The molecule has 5 rings (SSSR count). The number of hydrogen-bond donors (Lipinski definition) is 0. The Kier molecular flexibility index (Phi) is 6.10. The van der Waals surface area contributed by atoms with Crippen LogP contribution in [0.3, 0.4) is 0 Å². The van der Waals surface area contributed by atoms with Crippen LogP contribution in [0.25, 0.3) is 11.1 Å². The van der Waals surface area contributed by atoms with Crippen LogP contribution < -0.4 is 13.9 Å². The maximum Gasteiger partial charge on any atom is 0.387 e. The van der Waals surface area contributed by atoms with Gasteiger partial charge >= 0.3 is 6.61 Å². The maximum atomic E-state index is 14.2. The third-order valence-corrected chi connectivity index (χ3v) is 7.94. The molecule has 10 heteroatoms. The summed E-state index contributed by atoms with van der Waals surface area (Å²) in [7, 11) is -3.93. The first-order valence-electron chi connectivity index (χ1n) is 11.1. The molecule has 0 N–H and O–H groups in total. The zero-order valence-electron chi connectivity index (χ0n) is 18.8. The van der Waals surface area contributed by atoms with Gasteiger partial charge in [-0.15, -0.1) is 0 Å². The molecule has 1 fully saturated rings. The lowest BCUT2D eigenvalue weighted by Crippen LogP contribution is -2.56. The third kappa shape index (κ3) is 4.55. The molecule has 0 radical (unpaired) electrons. The van der Waals surface area contributed by atoms with E-state index in [4.69, 9.17) is 4.74 Å². The molecule has 184 valence electrons. The van der Waals surface area contributed by atoms with Crippen LogP contribution in [-0.2, 0) is 14.8 Å². The molecule has 0 aliphatic carbocycles. The quantitative estimate of drug-likeness (QED) is 0.499. The Hall–Kier alpha value is -3.24. The lowest BCUT2D eigenvalue weighted by molar-refractivity contribution is -0.0499. The van der Waals surface area contributed by atoms with E-state index in [0.29, 0.717) is 42.3 Å². The molecule has 0 bridgehead atoms. The number of nitrogens with zero attached hydrogens (tertiary/aromatic N) is 2. The second-order valence-electron chi connectivity index (χ2n) is 8.53. The number of ether oxygens (including phenoxy) is 2. The highest BCUT2D eigenvalue weighted by Crippen LogP contribution is 2.42. The number of rotatable bonds is 5. The molecule has 0 saturated carbocycles. The van der Waals surface area contributed by atoms with Gasteiger partial charge in [0.25, 0.3) is 10.0 Å². The smallest absolute Gasteiger partial charge is 0.387 e. The zero-order chi connectivity index (χ0) is 24.7. The molecular formula is C25H23F3N2O4S. The normalized spacial score (nSPS) is 17.8. The standard InChI is InChI=1S/C25H23F3N2O4S/c1-16-3-2-4-22(9-16)35(31,32)30-14-20-15-33-8-7-29(20)23-6-5-17(12-24(23)30)18-10-19(26)13-21(11-18)34-25(27)28/h2-6,9-13,20,25H,7-8,14-15H2,1H3/t20-/m1/s1. The first kappa shape index (κ1) is 23.5. The first-order valence-corrected chi connectivity index (χ1v) is 12.5. The summed E-state index contributed by atoms with van der Waals surface area (Å²) in [5, 5.41) is 0. The summed E-state index contributed by atoms with van der Waals surface area (Å²) < 4.78 is 78.5. The number of anilines is 2. The molecule has 3 aromatic carbocycles. The molecular weight excluding hydrogens is 481 g/mol. The highest BCUT2D eigenvalue weighted by atomic mass is 32.2. The number of aryl methyl sites for hydroxylation is 1. The van der Waals surface area contributed by atoms with Crippen molar-refractivity contribution in [1.82, 2.24) is 0 Å². The third-order valence-electron chi connectivity index (χ3n) is 6.16. The minimum absolute atomic E-state index is 0.164. The van der Waals surface area contributed by atoms with Gasteiger partial charge < -0.3 is 14.4 Å². The van der Waals surface area contributed by atoms with Crippen molar-refractivity contribution in [3.63, 3.8) is 0 Å². The van der Waals surface area contributed by atoms with Gasteiger partial charge in [-0.2, -0.15) is 8.78 Å². The largest absolute Gasteiger partial charge is 0.435 e. The van der Waals surface area contributed by atoms with E-state index in [1.165, 1.54) is 16.4 Å². The van der Waals surface area contributed by atoms with E-state index in [9.17, 15) is 21.6 Å². The Morgan fingerprint density at radius 2 is 1.86 bits per heavy atom. The fraction of sp³-hybridized carbons (Fsp3) is 0.280. The van der Waals surface area contributed by atoms with E-state index in [1.54, 1.807) is 36.4 Å². The molecule has 2 aliphatic heterocycles. The zero-order valence-corrected chi connectivity index (χ0v) is 19.6. The van der Waals surface area contributed by atoms with Crippen LogP contribution in [0.4, 0.5) is 24.5 Å². The van der Waals surface area contributed by atoms with Crippen LogP contribution in [-0.4, -0.2) is 47.4 Å². The highest BCUT2D eigenvalue weighted by Gasteiger charge is 2.39. The Balaban J connectivity index is 1.64. The fourth-order valence-electron chi connectivity index (χ4n) is 4.59. The first-order chi connectivity index (χ1) is 16.7. The molecule has 2 heterocycles. The van der Waals surface area contributed by atoms with Crippen molar-refractivity contribution in [2.75, 3.05) is 35.5 Å². The van der Waals surface area contributed by atoms with Gasteiger partial charge in [0.2, 0.25) is 0 Å². The van der Waals surface area contributed by atoms with Crippen LogP contribution in [0.2, 0.25) is 0 Å². The molecule has 35 heavy (non-hydrogen) atoms. The van der Waals surface area contributed by atoms with Crippen LogP contribution in [0.1, 0.15) is 5.56 Å². The lowest BCUT2D eigenvalue weighted by atomic mass is 10.0. The molecule has 0 unspecified atom stereocenters. The summed E-state index contributed by atoms with van der Waals surface area (Å²) in [6, 6.07) is 15.0. The fourth-order valence-corrected chi connectivity index (χ4v) is 6.20. The van der Waals surface area contributed by atoms with Crippen molar-refractivity contribution in [3.05, 3.63) is 72.0 Å². The minimum Gasteiger partial charge on any atom is -0.435 e. The van der Waals surface area contributed by atoms with Gasteiger partial charge in [-0.3, -0.25) is 4.31 Å². The predicted molar refractivity (Wildman–Crippen MR) is 126 cm³/mol. The van der Waals surface area contributed by atoms with Gasteiger partial charge in [0.15, 0.2) is 0 Å². The molecule has 2 aliphatic rings. The predicted octanol–water partition coefficient (Wildman–Crippen LogP) is 4.82. The van der Waals surface area contributed by atoms with Gasteiger partial charge in [-0.25, -0.2) is 12.8 Å². The average molecular weight is 505 g/mol. The molecule has 1 atom stereocenters. The topological polar surface area (TPSA) is 59.1 Å². The number of halogens is 3. The summed E-state index contributed by atoms with van der Waals surface area (Å²) in [4.78, 5) is 2.28. The molecule has 0 spiro atoms. The van der Waals surface area contributed by atoms with E-state index < -0.39 is 22.5 Å². The maximum absolute atomic E-state index is 14.2. The monoisotopic (exact) mass is 504 g/mol. The van der Waals surface area contributed by atoms with Gasteiger partial charge in [0.05, 0.1) is 42.1 Å². The Labute approximate surface area is 201 Å². The summed E-state index contributed by atoms with van der Waals surface area (Å²) in [6.07, 6.45) is 0. The van der Waals surface area contributed by atoms with E-state index in [0.717, 1.165) is 11.6 Å². The molecule has 6 nitrogen and oxygen atoms in total. The minimum atomic E-state index is -3.93. The van der Waals surface area contributed by atoms with E-state index in [2.05, 4.69) is 9.64 Å². The van der Waals surface area contributed by atoms with Crippen molar-refractivity contribution >= 4 is 21.4 Å². The average Bonchev–Trinajstić information content (AvgIpc) is 2.82. The van der Waals surface area contributed by atoms with Gasteiger partial charge in [-0.05, 0) is 60.0 Å². The number of sulfonamides is 1. The number of hydrogen-bond acceptors (Lipinski definition) is 5. The van der Waals surface area contributed by atoms with E-state index >= 15 is 0 Å². The van der Waals surface area contributed by atoms with E-state index in [1.807, 2.05) is 13.0 Å². The number of alkyl halides is 2. The van der Waals surface area contributed by atoms with Crippen molar-refractivity contribution < 1.29 is 31.1 Å². The van der Waals surface area contributed by atoms with Crippen LogP contribution in [0.5, 0.6) is 5.75 Å². The number of benzene rings is 3. The summed E-state index contributed by atoms with van der Waals surface area (Å²) in [5.41, 5.74) is 2.72. The van der Waals surface area contributed by atoms with E-state index in [-0.39, 0.29) is 23.2 Å². The van der Waals surface area contributed by atoms with Crippen LogP contribution in [0, 0.1) is 12.7 Å². The summed E-state index contributed by atoms with van der Waals surface area (Å²) >= 11 is 0. The van der Waals surface area contributed by atoms with Crippen molar-refractivity contribution in [2.24, 2.45) is 0 Å². The molecule has 1 saturated heterocycles. The Bertz CT molecular complexity index is 1370. The molecule has 0 aromatic heterocycles. The van der Waals surface area contributed by atoms with Gasteiger partial charge in [0, 0.05) is 12.6 Å². The highest BCUT2D eigenvalue weighted by molar-refractivity contribution is 7.92. The Morgan fingerprint density at radius 3 is 2.63 bits per heavy atom. The molecule has 0 amide bonds. The number of morpholine rings is 1.